The molecule has 2 aliphatic heterocycles. The summed E-state index contributed by atoms with van der Waals surface area (Å²) >= 11 is 5.35. The third-order valence-corrected chi connectivity index (χ3v) is 6.27. The molecule has 2 aromatic carbocycles. The molecule has 2 aliphatic rings. The van der Waals surface area contributed by atoms with Crippen molar-refractivity contribution in [1.82, 2.24) is 5.32 Å². The van der Waals surface area contributed by atoms with Gasteiger partial charge in [-0.25, -0.2) is 0 Å². The highest BCUT2D eigenvalue weighted by atomic mass is 32.1. The molecule has 0 saturated carbocycles. The van der Waals surface area contributed by atoms with Gasteiger partial charge in [0.25, 0.3) is 11.8 Å². The van der Waals surface area contributed by atoms with Crippen LogP contribution in [0.5, 0.6) is 11.5 Å². The standard InChI is InChI=1S/C25H27N3O4S/c1-15-7-8-16(2)19(11-15)28-24(30)18(23(29)26-25(28)33)12-17-13-22(32-4)20(14-21(17)31-3)27-9-5-6-10-27/h7-8,11-14H,5-6,9-10H2,1-4H3,(H,26,29,33)/b18-12+. The number of thiocarbonyl (C=S) groups is 1. The minimum absolute atomic E-state index is 0.0289. The molecule has 172 valence electrons. The molecule has 0 radical (unpaired) electrons. The molecule has 2 fully saturated rings. The van der Waals surface area contributed by atoms with E-state index in [4.69, 9.17) is 21.7 Å². The first-order valence-electron chi connectivity index (χ1n) is 10.8. The number of nitrogens with zero attached hydrogens (tertiary/aromatic N) is 2. The van der Waals surface area contributed by atoms with Crippen molar-refractivity contribution in [3.8, 4) is 11.5 Å². The van der Waals surface area contributed by atoms with E-state index >= 15 is 0 Å². The smallest absolute Gasteiger partial charge is 0.270 e. The summed E-state index contributed by atoms with van der Waals surface area (Å²) in [5, 5.41) is 2.71. The van der Waals surface area contributed by atoms with E-state index in [0.29, 0.717) is 22.7 Å². The van der Waals surface area contributed by atoms with Crippen LogP contribution in [0.25, 0.3) is 6.08 Å². The molecule has 8 heteroatoms. The normalized spacial score (nSPS) is 17.6. The fraction of sp³-hybridized carbons (Fsp3) is 0.320. The van der Waals surface area contributed by atoms with Gasteiger partial charge >= 0.3 is 0 Å². The quantitative estimate of drug-likeness (QED) is 0.412. The van der Waals surface area contributed by atoms with Crippen LogP contribution in [-0.4, -0.2) is 44.2 Å². The summed E-state index contributed by atoms with van der Waals surface area (Å²) in [5.74, 6) is 0.186. The summed E-state index contributed by atoms with van der Waals surface area (Å²) in [7, 11) is 3.18. The van der Waals surface area contributed by atoms with Gasteiger partial charge in [-0.2, -0.15) is 0 Å². The molecule has 2 heterocycles. The molecule has 1 N–H and O–H groups in total. The van der Waals surface area contributed by atoms with Crippen LogP contribution >= 0.6 is 12.2 Å². The monoisotopic (exact) mass is 465 g/mol. The van der Waals surface area contributed by atoms with E-state index in [9.17, 15) is 9.59 Å². The van der Waals surface area contributed by atoms with Crippen molar-refractivity contribution in [1.29, 1.82) is 0 Å². The molecule has 0 unspecified atom stereocenters. The second-order valence-electron chi connectivity index (χ2n) is 8.21. The largest absolute Gasteiger partial charge is 0.496 e. The van der Waals surface area contributed by atoms with Crippen LogP contribution in [0.3, 0.4) is 0 Å². The third-order valence-electron chi connectivity index (χ3n) is 5.99. The van der Waals surface area contributed by atoms with Crippen molar-refractivity contribution in [3.05, 3.63) is 52.6 Å². The zero-order chi connectivity index (χ0) is 23.7. The molecule has 4 rings (SSSR count). The number of methoxy groups -OCH3 is 2. The lowest BCUT2D eigenvalue weighted by Crippen LogP contribution is -2.54. The summed E-state index contributed by atoms with van der Waals surface area (Å²) in [6.45, 7) is 5.73. The summed E-state index contributed by atoms with van der Waals surface area (Å²) in [6.07, 6.45) is 3.78. The van der Waals surface area contributed by atoms with Gasteiger partial charge in [-0.15, -0.1) is 0 Å². The number of ether oxygens (including phenoxy) is 2. The Kier molecular flexibility index (Phi) is 6.37. The number of anilines is 2. The number of nitrogens with one attached hydrogen (secondary N) is 1. The maximum Gasteiger partial charge on any atom is 0.270 e. The molecular weight excluding hydrogens is 438 g/mol. The van der Waals surface area contributed by atoms with Crippen molar-refractivity contribution in [2.75, 3.05) is 37.1 Å². The van der Waals surface area contributed by atoms with Crippen LogP contribution in [0.15, 0.2) is 35.9 Å². The molecule has 0 bridgehead atoms. The molecule has 0 aliphatic carbocycles. The Balaban J connectivity index is 1.78. The predicted molar refractivity (Wildman–Crippen MR) is 133 cm³/mol. The summed E-state index contributed by atoms with van der Waals surface area (Å²) in [6, 6.07) is 9.46. The van der Waals surface area contributed by atoms with E-state index in [1.807, 2.05) is 38.1 Å². The highest BCUT2D eigenvalue weighted by Gasteiger charge is 2.35. The Morgan fingerprint density at radius 2 is 1.67 bits per heavy atom. The SMILES string of the molecule is COc1cc(N2CCCC2)c(OC)cc1/C=C1\C(=O)NC(=S)N(c2cc(C)ccc2C)C1=O. The molecule has 33 heavy (non-hydrogen) atoms. The lowest BCUT2D eigenvalue weighted by molar-refractivity contribution is -0.122. The number of carbonyl (C=O) groups is 2. The Hall–Kier alpha value is -3.39. The van der Waals surface area contributed by atoms with Gasteiger partial charge in [0.2, 0.25) is 0 Å². The zero-order valence-electron chi connectivity index (χ0n) is 19.2. The lowest BCUT2D eigenvalue weighted by atomic mass is 10.0. The fourth-order valence-electron chi connectivity index (χ4n) is 4.22. The summed E-state index contributed by atoms with van der Waals surface area (Å²) < 4.78 is 11.2. The van der Waals surface area contributed by atoms with Crippen LogP contribution in [0.1, 0.15) is 29.5 Å². The van der Waals surface area contributed by atoms with Crippen LogP contribution in [0.4, 0.5) is 11.4 Å². The number of rotatable bonds is 5. The van der Waals surface area contributed by atoms with E-state index in [-0.39, 0.29) is 10.7 Å². The average Bonchev–Trinajstić information content (AvgIpc) is 3.33. The Labute approximate surface area is 199 Å². The molecule has 7 nitrogen and oxygen atoms in total. The van der Waals surface area contributed by atoms with Crippen LogP contribution in [0.2, 0.25) is 0 Å². The predicted octanol–water partition coefficient (Wildman–Crippen LogP) is 3.75. The highest BCUT2D eigenvalue weighted by Crippen LogP contribution is 2.38. The number of aryl methyl sites for hydroxylation is 2. The minimum Gasteiger partial charge on any atom is -0.496 e. The van der Waals surface area contributed by atoms with Gasteiger partial charge in [-0.05, 0) is 68.2 Å². The molecule has 2 aromatic rings. The van der Waals surface area contributed by atoms with Gasteiger partial charge in [0, 0.05) is 24.7 Å². The molecule has 0 spiro atoms. The maximum absolute atomic E-state index is 13.5. The maximum atomic E-state index is 13.5. The average molecular weight is 466 g/mol. The van der Waals surface area contributed by atoms with Crippen molar-refractivity contribution in [2.45, 2.75) is 26.7 Å². The van der Waals surface area contributed by atoms with Gasteiger partial charge < -0.3 is 14.4 Å². The van der Waals surface area contributed by atoms with Crippen molar-refractivity contribution >= 4 is 46.6 Å². The van der Waals surface area contributed by atoms with Crippen molar-refractivity contribution in [3.63, 3.8) is 0 Å². The zero-order valence-corrected chi connectivity index (χ0v) is 20.0. The molecule has 0 aromatic heterocycles. The number of hydrogen-bond donors (Lipinski definition) is 1. The Morgan fingerprint density at radius 3 is 2.33 bits per heavy atom. The first-order valence-corrected chi connectivity index (χ1v) is 11.2. The van der Waals surface area contributed by atoms with Crippen molar-refractivity contribution in [2.24, 2.45) is 0 Å². The van der Waals surface area contributed by atoms with Gasteiger partial charge in [0.15, 0.2) is 5.11 Å². The van der Waals surface area contributed by atoms with E-state index in [0.717, 1.165) is 42.7 Å². The number of carbonyl (C=O) groups excluding carboxylic acids is 2. The number of amides is 2. The molecule has 0 atom stereocenters. The van der Waals surface area contributed by atoms with E-state index in [1.54, 1.807) is 20.3 Å². The highest BCUT2D eigenvalue weighted by molar-refractivity contribution is 7.80. The van der Waals surface area contributed by atoms with Crippen LogP contribution < -0.4 is 24.6 Å². The third kappa shape index (κ3) is 4.30. The van der Waals surface area contributed by atoms with Crippen molar-refractivity contribution < 1.29 is 19.1 Å². The van der Waals surface area contributed by atoms with Gasteiger partial charge in [0.1, 0.15) is 17.1 Å². The fourth-order valence-corrected chi connectivity index (χ4v) is 4.49. The number of hydrogen-bond acceptors (Lipinski definition) is 6. The molecular formula is C25H27N3O4S. The second-order valence-corrected chi connectivity index (χ2v) is 8.59. The van der Waals surface area contributed by atoms with E-state index in [1.165, 1.54) is 11.0 Å². The number of benzene rings is 2. The summed E-state index contributed by atoms with van der Waals surface area (Å²) in [4.78, 5) is 29.9. The minimum atomic E-state index is -0.545. The lowest BCUT2D eigenvalue weighted by Gasteiger charge is -2.30. The molecule has 2 amide bonds. The van der Waals surface area contributed by atoms with Crippen LogP contribution in [0, 0.1) is 13.8 Å². The topological polar surface area (TPSA) is 71.1 Å². The Morgan fingerprint density at radius 1 is 0.970 bits per heavy atom. The van der Waals surface area contributed by atoms with Crippen LogP contribution in [-0.2, 0) is 9.59 Å². The first kappa shape index (κ1) is 22.8. The van der Waals surface area contributed by atoms with Gasteiger partial charge in [0.05, 0.1) is 25.6 Å². The van der Waals surface area contributed by atoms with Gasteiger partial charge in [-0.1, -0.05) is 12.1 Å². The van der Waals surface area contributed by atoms with E-state index < -0.39 is 11.8 Å². The summed E-state index contributed by atoms with van der Waals surface area (Å²) in [5.41, 5.74) is 3.98. The first-order chi connectivity index (χ1) is 15.8. The molecule has 2 saturated heterocycles. The van der Waals surface area contributed by atoms with Gasteiger partial charge in [-0.3, -0.25) is 19.8 Å². The van der Waals surface area contributed by atoms with E-state index in [2.05, 4.69) is 10.2 Å². The Bertz CT molecular complexity index is 1170. The second kappa shape index (κ2) is 9.23.